The van der Waals surface area contributed by atoms with Gasteiger partial charge in [-0.1, -0.05) is 6.07 Å². The third-order valence-corrected chi connectivity index (χ3v) is 2.95. The van der Waals surface area contributed by atoms with Crippen molar-refractivity contribution in [1.29, 1.82) is 0 Å². The van der Waals surface area contributed by atoms with E-state index in [9.17, 15) is 9.59 Å². The molecule has 2 aromatic rings. The Labute approximate surface area is 123 Å². The van der Waals surface area contributed by atoms with Gasteiger partial charge in [-0.2, -0.15) is 0 Å². The highest BCUT2D eigenvalue weighted by Gasteiger charge is 2.12. The topological polar surface area (TPSA) is 71.1 Å². The van der Waals surface area contributed by atoms with Crippen LogP contribution in [0, 0.1) is 0 Å². The minimum Gasteiger partial charge on any atom is -0.344 e. The summed E-state index contributed by atoms with van der Waals surface area (Å²) < 4.78 is 0. The first-order valence-corrected chi connectivity index (χ1v) is 6.65. The van der Waals surface area contributed by atoms with Crippen LogP contribution >= 0.6 is 0 Å². The van der Waals surface area contributed by atoms with Crippen LogP contribution in [0.4, 0.5) is 5.69 Å². The van der Waals surface area contributed by atoms with Crippen molar-refractivity contribution in [2.75, 3.05) is 5.32 Å². The van der Waals surface area contributed by atoms with Gasteiger partial charge in [-0.3, -0.25) is 14.6 Å². The average Bonchev–Trinajstić information content (AvgIpc) is 2.48. The Morgan fingerprint density at radius 2 is 1.81 bits per heavy atom. The van der Waals surface area contributed by atoms with Gasteiger partial charge in [-0.25, -0.2) is 0 Å². The van der Waals surface area contributed by atoms with Crippen LogP contribution in [0.1, 0.15) is 35.9 Å². The van der Waals surface area contributed by atoms with Crippen LogP contribution in [-0.2, 0) is 4.79 Å². The van der Waals surface area contributed by atoms with Gasteiger partial charge in [0.2, 0.25) is 5.91 Å². The number of pyridine rings is 1. The summed E-state index contributed by atoms with van der Waals surface area (Å²) in [4.78, 5) is 27.3. The highest BCUT2D eigenvalue weighted by molar-refractivity contribution is 5.95. The Balaban J connectivity index is 2.01. The Morgan fingerprint density at radius 1 is 1.10 bits per heavy atom. The minimum absolute atomic E-state index is 0.143. The second kappa shape index (κ2) is 6.65. The highest BCUT2D eigenvalue weighted by Crippen LogP contribution is 2.12. The molecule has 1 aromatic carbocycles. The molecule has 5 nitrogen and oxygen atoms in total. The van der Waals surface area contributed by atoms with Crippen molar-refractivity contribution in [2.45, 2.75) is 19.9 Å². The summed E-state index contributed by atoms with van der Waals surface area (Å²) in [6.07, 6.45) is 1.69. The average molecular weight is 283 g/mol. The molecule has 1 aromatic heterocycles. The molecule has 5 heteroatoms. The zero-order chi connectivity index (χ0) is 15.2. The second-order valence-corrected chi connectivity index (χ2v) is 4.71. The van der Waals surface area contributed by atoms with Gasteiger partial charge in [0.15, 0.2) is 0 Å². The number of benzene rings is 1. The molecule has 2 N–H and O–H groups in total. The largest absolute Gasteiger partial charge is 0.344 e. The summed E-state index contributed by atoms with van der Waals surface area (Å²) >= 11 is 0. The number of nitrogens with one attached hydrogen (secondary N) is 2. The fraction of sp³-hybridized carbons (Fsp3) is 0.188. The Hall–Kier alpha value is -2.69. The molecule has 21 heavy (non-hydrogen) atoms. The number of anilines is 1. The molecule has 0 fully saturated rings. The second-order valence-electron chi connectivity index (χ2n) is 4.71. The van der Waals surface area contributed by atoms with Crippen LogP contribution in [0.15, 0.2) is 48.7 Å². The summed E-state index contributed by atoms with van der Waals surface area (Å²) in [5.41, 5.74) is 2.00. The summed E-state index contributed by atoms with van der Waals surface area (Å²) in [6.45, 7) is 3.32. The van der Waals surface area contributed by atoms with Gasteiger partial charge in [-0.15, -0.1) is 0 Å². The molecule has 0 aliphatic heterocycles. The van der Waals surface area contributed by atoms with E-state index < -0.39 is 0 Å². The number of hydrogen-bond donors (Lipinski definition) is 2. The number of aromatic nitrogens is 1. The van der Waals surface area contributed by atoms with E-state index in [1.807, 2.05) is 25.1 Å². The van der Waals surface area contributed by atoms with Crippen molar-refractivity contribution in [3.63, 3.8) is 0 Å². The van der Waals surface area contributed by atoms with Crippen LogP contribution < -0.4 is 10.6 Å². The first-order valence-electron chi connectivity index (χ1n) is 6.65. The monoisotopic (exact) mass is 283 g/mol. The van der Waals surface area contributed by atoms with Crippen molar-refractivity contribution >= 4 is 17.5 Å². The molecule has 0 aliphatic carbocycles. The predicted molar refractivity (Wildman–Crippen MR) is 80.9 cm³/mol. The number of carbonyl (C=O) groups excluding carboxylic acids is 2. The van der Waals surface area contributed by atoms with E-state index in [0.29, 0.717) is 11.3 Å². The quantitative estimate of drug-likeness (QED) is 0.905. The highest BCUT2D eigenvalue weighted by atomic mass is 16.2. The SMILES string of the molecule is CC(=O)Nc1ccc(C(=O)NC(C)c2ccccn2)cc1. The van der Waals surface area contributed by atoms with E-state index in [-0.39, 0.29) is 17.9 Å². The lowest BCUT2D eigenvalue weighted by Gasteiger charge is -2.13. The molecule has 0 spiro atoms. The maximum atomic E-state index is 12.1. The van der Waals surface area contributed by atoms with Crippen LogP contribution in [0.2, 0.25) is 0 Å². The standard InChI is InChI=1S/C16H17N3O2/c1-11(15-5-3-4-10-17-15)18-16(21)13-6-8-14(9-7-13)19-12(2)20/h3-11H,1-2H3,(H,18,21)(H,19,20). The Bertz CT molecular complexity index is 624. The van der Waals surface area contributed by atoms with Gasteiger partial charge in [0.25, 0.3) is 5.91 Å². The number of nitrogens with zero attached hydrogens (tertiary/aromatic N) is 1. The van der Waals surface area contributed by atoms with Crippen LogP contribution in [0.3, 0.4) is 0 Å². The Morgan fingerprint density at radius 3 is 2.38 bits per heavy atom. The first kappa shape index (κ1) is 14.7. The third-order valence-electron chi connectivity index (χ3n) is 2.95. The lowest BCUT2D eigenvalue weighted by Crippen LogP contribution is -2.27. The molecule has 1 heterocycles. The molecule has 2 rings (SSSR count). The maximum absolute atomic E-state index is 12.1. The molecule has 1 atom stereocenters. The molecular formula is C16H17N3O2. The number of hydrogen-bond acceptors (Lipinski definition) is 3. The molecular weight excluding hydrogens is 266 g/mol. The molecule has 1 unspecified atom stereocenters. The molecule has 2 amide bonds. The first-order chi connectivity index (χ1) is 10.1. The van der Waals surface area contributed by atoms with Gasteiger partial charge < -0.3 is 10.6 Å². The van der Waals surface area contributed by atoms with E-state index >= 15 is 0 Å². The fourth-order valence-corrected chi connectivity index (χ4v) is 1.89. The van der Waals surface area contributed by atoms with Crippen molar-refractivity contribution in [3.05, 3.63) is 59.9 Å². The van der Waals surface area contributed by atoms with Crippen LogP contribution in [0.25, 0.3) is 0 Å². The lowest BCUT2D eigenvalue weighted by molar-refractivity contribution is -0.114. The summed E-state index contributed by atoms with van der Waals surface area (Å²) in [5, 5.41) is 5.54. The van der Waals surface area contributed by atoms with Crippen molar-refractivity contribution in [1.82, 2.24) is 10.3 Å². The van der Waals surface area contributed by atoms with Gasteiger partial charge >= 0.3 is 0 Å². The number of rotatable bonds is 4. The fourth-order valence-electron chi connectivity index (χ4n) is 1.89. The van der Waals surface area contributed by atoms with Crippen LogP contribution in [-0.4, -0.2) is 16.8 Å². The lowest BCUT2D eigenvalue weighted by atomic mass is 10.1. The molecule has 0 aliphatic rings. The van der Waals surface area contributed by atoms with Crippen LogP contribution in [0.5, 0.6) is 0 Å². The van der Waals surface area contributed by atoms with E-state index in [4.69, 9.17) is 0 Å². The van der Waals surface area contributed by atoms with Crippen molar-refractivity contribution in [2.24, 2.45) is 0 Å². The summed E-state index contributed by atoms with van der Waals surface area (Å²) in [6, 6.07) is 12.1. The van der Waals surface area contributed by atoms with Gasteiger partial charge in [-0.05, 0) is 43.3 Å². The van der Waals surface area contributed by atoms with Crippen molar-refractivity contribution in [3.8, 4) is 0 Å². The smallest absolute Gasteiger partial charge is 0.251 e. The Kier molecular flexibility index (Phi) is 4.66. The van der Waals surface area contributed by atoms with Gasteiger partial charge in [0, 0.05) is 24.4 Å². The predicted octanol–water partition coefficient (Wildman–Crippen LogP) is 2.53. The summed E-state index contributed by atoms with van der Waals surface area (Å²) in [7, 11) is 0. The summed E-state index contributed by atoms with van der Waals surface area (Å²) in [5.74, 6) is -0.321. The van der Waals surface area contributed by atoms with E-state index in [1.165, 1.54) is 6.92 Å². The van der Waals surface area contributed by atoms with Gasteiger partial charge in [0.05, 0.1) is 11.7 Å². The maximum Gasteiger partial charge on any atom is 0.251 e. The minimum atomic E-state index is -0.178. The molecule has 0 radical (unpaired) electrons. The van der Waals surface area contributed by atoms with Crippen molar-refractivity contribution < 1.29 is 9.59 Å². The zero-order valence-corrected chi connectivity index (χ0v) is 12.0. The normalized spacial score (nSPS) is 11.5. The number of amides is 2. The molecule has 0 bridgehead atoms. The zero-order valence-electron chi connectivity index (χ0n) is 12.0. The van der Waals surface area contributed by atoms with Gasteiger partial charge in [0.1, 0.15) is 0 Å². The third kappa shape index (κ3) is 4.14. The molecule has 0 saturated heterocycles. The van der Waals surface area contributed by atoms with E-state index in [2.05, 4.69) is 15.6 Å². The molecule has 108 valence electrons. The van der Waals surface area contributed by atoms with E-state index in [0.717, 1.165) is 5.69 Å². The van der Waals surface area contributed by atoms with E-state index in [1.54, 1.807) is 30.5 Å². The molecule has 0 saturated carbocycles. The number of carbonyl (C=O) groups is 2.